The summed E-state index contributed by atoms with van der Waals surface area (Å²) in [6.45, 7) is 1.67. The maximum atomic E-state index is 14.7. The molecule has 11 heteroatoms. The van der Waals surface area contributed by atoms with Crippen LogP contribution >= 0.6 is 0 Å². The first-order chi connectivity index (χ1) is 17.8. The number of ether oxygens (including phenoxy) is 2. The van der Waals surface area contributed by atoms with E-state index in [1.807, 2.05) is 0 Å². The highest BCUT2D eigenvalue weighted by Gasteiger charge is 2.37. The Bertz CT molecular complexity index is 1440. The van der Waals surface area contributed by atoms with Crippen molar-refractivity contribution in [2.24, 2.45) is 0 Å². The minimum absolute atomic E-state index is 0.114. The van der Waals surface area contributed by atoms with Crippen LogP contribution in [0, 0.1) is 36.0 Å². The molecule has 4 aromatic carbocycles. The van der Waals surface area contributed by atoms with Gasteiger partial charge in [0.15, 0.2) is 29.0 Å². The Morgan fingerprint density at radius 1 is 0.553 bits per heavy atom. The van der Waals surface area contributed by atoms with Crippen LogP contribution in [0.3, 0.4) is 0 Å². The molecule has 0 aliphatic heterocycles. The number of rotatable bonds is 7. The number of alkyl halides is 4. The predicted octanol–water partition coefficient (Wildman–Crippen LogP) is 8.61. The van der Waals surface area contributed by atoms with Crippen LogP contribution in [0.1, 0.15) is 16.7 Å². The van der Waals surface area contributed by atoms with E-state index in [2.05, 4.69) is 9.47 Å². The Kier molecular flexibility index (Phi) is 7.05. The van der Waals surface area contributed by atoms with E-state index in [-0.39, 0.29) is 17.7 Å². The largest absolute Gasteiger partial charge is 0.429 e. The molecule has 0 aliphatic carbocycles. The van der Waals surface area contributed by atoms with Crippen LogP contribution in [0.4, 0.5) is 39.5 Å². The van der Waals surface area contributed by atoms with Crippen LogP contribution in [0.15, 0.2) is 72.8 Å². The average molecular weight is 542 g/mol. The lowest BCUT2D eigenvalue weighted by atomic mass is 10.0. The number of benzene rings is 4. The zero-order valence-electron chi connectivity index (χ0n) is 19.1. The van der Waals surface area contributed by atoms with E-state index < -0.39 is 69.5 Å². The summed E-state index contributed by atoms with van der Waals surface area (Å²) in [7, 11) is 0. The standard InChI is InChI=1S/C27H15F9O2/c1-14-2-6-16(7-3-14)27(35,36)38-22-11-10-19(23(30)25(22)32)15-4-8-17(9-5-15)26(33,34)37-18-12-20(28)24(31)21(29)13-18/h2-13H,1H3. The molecule has 0 bridgehead atoms. The SMILES string of the molecule is Cc1ccc(C(F)(F)Oc2ccc(-c3ccc(C(F)(F)Oc4cc(F)c(F)c(F)c4)cc3)c(F)c2F)cc1. The van der Waals surface area contributed by atoms with Crippen molar-refractivity contribution in [2.75, 3.05) is 0 Å². The van der Waals surface area contributed by atoms with Gasteiger partial charge in [-0.2, -0.15) is 22.0 Å². The molecule has 0 saturated heterocycles. The number of hydrogen-bond acceptors (Lipinski definition) is 2. The van der Waals surface area contributed by atoms with Crippen molar-refractivity contribution in [3.8, 4) is 22.6 Å². The van der Waals surface area contributed by atoms with Gasteiger partial charge in [0, 0.05) is 17.7 Å². The quantitative estimate of drug-likeness (QED) is 0.172. The van der Waals surface area contributed by atoms with Gasteiger partial charge in [0.1, 0.15) is 5.75 Å². The van der Waals surface area contributed by atoms with Crippen molar-refractivity contribution in [1.29, 1.82) is 0 Å². The molecule has 0 saturated carbocycles. The maximum Gasteiger partial charge on any atom is 0.426 e. The van der Waals surface area contributed by atoms with Gasteiger partial charge in [-0.05, 0) is 48.9 Å². The summed E-state index contributed by atoms with van der Waals surface area (Å²) < 4.78 is 135. The van der Waals surface area contributed by atoms with Gasteiger partial charge in [-0.25, -0.2) is 17.6 Å². The molecular weight excluding hydrogens is 527 g/mol. The molecule has 0 aromatic heterocycles. The zero-order chi connectivity index (χ0) is 27.8. The summed E-state index contributed by atoms with van der Waals surface area (Å²) in [5.41, 5.74) is -1.30. The highest BCUT2D eigenvalue weighted by Crippen LogP contribution is 2.38. The third-order valence-corrected chi connectivity index (χ3v) is 5.41. The smallest absolute Gasteiger partial charge is 0.426 e. The van der Waals surface area contributed by atoms with E-state index in [0.29, 0.717) is 5.56 Å². The molecule has 198 valence electrons. The lowest BCUT2D eigenvalue weighted by Crippen LogP contribution is -2.22. The van der Waals surface area contributed by atoms with Gasteiger partial charge in [-0.1, -0.05) is 29.8 Å². The fourth-order valence-electron chi connectivity index (χ4n) is 3.42. The van der Waals surface area contributed by atoms with Gasteiger partial charge in [0.2, 0.25) is 5.82 Å². The Morgan fingerprint density at radius 3 is 1.61 bits per heavy atom. The molecule has 0 radical (unpaired) electrons. The highest BCUT2D eigenvalue weighted by atomic mass is 19.3. The Labute approximate surface area is 209 Å². The third kappa shape index (κ3) is 5.41. The minimum Gasteiger partial charge on any atom is -0.429 e. The van der Waals surface area contributed by atoms with E-state index >= 15 is 0 Å². The van der Waals surface area contributed by atoms with Crippen molar-refractivity contribution in [3.05, 3.63) is 119 Å². The first kappa shape index (κ1) is 26.9. The van der Waals surface area contributed by atoms with Gasteiger partial charge in [-0.15, -0.1) is 0 Å². The van der Waals surface area contributed by atoms with Crippen LogP contribution < -0.4 is 9.47 Å². The molecule has 0 unspecified atom stereocenters. The van der Waals surface area contributed by atoms with Crippen molar-refractivity contribution in [3.63, 3.8) is 0 Å². The maximum absolute atomic E-state index is 14.7. The second-order valence-electron chi connectivity index (χ2n) is 8.12. The highest BCUT2D eigenvalue weighted by molar-refractivity contribution is 5.65. The number of halogens is 9. The molecule has 0 aliphatic rings. The molecule has 4 aromatic rings. The van der Waals surface area contributed by atoms with Crippen molar-refractivity contribution >= 4 is 0 Å². The summed E-state index contributed by atoms with van der Waals surface area (Å²) in [6.07, 6.45) is -8.13. The molecule has 38 heavy (non-hydrogen) atoms. The fourth-order valence-corrected chi connectivity index (χ4v) is 3.42. The Morgan fingerprint density at radius 2 is 1.05 bits per heavy atom. The molecule has 0 spiro atoms. The second kappa shape index (κ2) is 9.96. The Balaban J connectivity index is 1.56. The number of hydrogen-bond donors (Lipinski definition) is 0. The molecular formula is C27H15F9O2. The molecule has 0 heterocycles. The monoisotopic (exact) mass is 542 g/mol. The summed E-state index contributed by atoms with van der Waals surface area (Å²) in [6, 6.07) is 10.5. The van der Waals surface area contributed by atoms with Crippen LogP contribution in [-0.4, -0.2) is 0 Å². The fraction of sp³-hybridized carbons (Fsp3) is 0.111. The normalized spacial score (nSPS) is 11.9. The Hall–Kier alpha value is -4.15. The molecule has 4 rings (SSSR count). The van der Waals surface area contributed by atoms with Crippen LogP contribution in [0.25, 0.3) is 11.1 Å². The topological polar surface area (TPSA) is 18.5 Å². The van der Waals surface area contributed by atoms with Crippen molar-refractivity contribution in [2.45, 2.75) is 19.1 Å². The molecule has 0 fully saturated rings. The van der Waals surface area contributed by atoms with E-state index in [1.54, 1.807) is 6.92 Å². The van der Waals surface area contributed by atoms with Gasteiger partial charge in [0.25, 0.3) is 0 Å². The van der Waals surface area contributed by atoms with Gasteiger partial charge in [0.05, 0.1) is 11.1 Å². The number of aryl methyl sites for hydroxylation is 1. The second-order valence-corrected chi connectivity index (χ2v) is 8.12. The van der Waals surface area contributed by atoms with Crippen LogP contribution in [-0.2, 0) is 12.2 Å². The molecule has 2 nitrogen and oxygen atoms in total. The molecule has 0 atom stereocenters. The summed E-state index contributed by atoms with van der Waals surface area (Å²) in [5.74, 6) is -10.7. The van der Waals surface area contributed by atoms with E-state index in [9.17, 15) is 39.5 Å². The predicted molar refractivity (Wildman–Crippen MR) is 118 cm³/mol. The lowest BCUT2D eigenvalue weighted by Gasteiger charge is -2.20. The minimum atomic E-state index is -4.15. The molecule has 0 N–H and O–H groups in total. The first-order valence-electron chi connectivity index (χ1n) is 10.7. The summed E-state index contributed by atoms with van der Waals surface area (Å²) in [5, 5.41) is 0. The average Bonchev–Trinajstić information content (AvgIpc) is 2.85. The zero-order valence-corrected chi connectivity index (χ0v) is 19.1. The summed E-state index contributed by atoms with van der Waals surface area (Å²) in [4.78, 5) is 0. The van der Waals surface area contributed by atoms with E-state index in [4.69, 9.17) is 0 Å². The van der Waals surface area contributed by atoms with Crippen LogP contribution in [0.2, 0.25) is 0 Å². The van der Waals surface area contributed by atoms with Crippen LogP contribution in [0.5, 0.6) is 11.5 Å². The van der Waals surface area contributed by atoms with E-state index in [1.165, 1.54) is 12.1 Å². The van der Waals surface area contributed by atoms with Crippen molar-refractivity contribution < 1.29 is 49.0 Å². The lowest BCUT2D eigenvalue weighted by molar-refractivity contribution is -0.187. The summed E-state index contributed by atoms with van der Waals surface area (Å²) >= 11 is 0. The van der Waals surface area contributed by atoms with Gasteiger partial charge in [-0.3, -0.25) is 0 Å². The van der Waals surface area contributed by atoms with E-state index in [0.717, 1.165) is 48.5 Å². The molecule has 0 amide bonds. The van der Waals surface area contributed by atoms with Gasteiger partial charge < -0.3 is 9.47 Å². The van der Waals surface area contributed by atoms with Crippen molar-refractivity contribution in [1.82, 2.24) is 0 Å². The third-order valence-electron chi connectivity index (χ3n) is 5.41. The van der Waals surface area contributed by atoms with Gasteiger partial charge >= 0.3 is 12.2 Å². The first-order valence-corrected chi connectivity index (χ1v) is 10.7.